The van der Waals surface area contributed by atoms with Crippen molar-refractivity contribution in [1.82, 2.24) is 4.98 Å². The van der Waals surface area contributed by atoms with Crippen LogP contribution in [0.3, 0.4) is 0 Å². The summed E-state index contributed by atoms with van der Waals surface area (Å²) >= 11 is 0. The molecule has 27 heavy (non-hydrogen) atoms. The van der Waals surface area contributed by atoms with E-state index in [4.69, 9.17) is 9.47 Å². The molecule has 0 fully saturated rings. The summed E-state index contributed by atoms with van der Waals surface area (Å²) in [6.07, 6.45) is 3.32. The van der Waals surface area contributed by atoms with Crippen LogP contribution >= 0.6 is 0 Å². The number of ketones is 1. The predicted molar refractivity (Wildman–Crippen MR) is 102 cm³/mol. The Morgan fingerprint density at radius 3 is 2.74 bits per heavy atom. The van der Waals surface area contributed by atoms with Crippen LogP contribution in [-0.4, -0.2) is 30.0 Å². The van der Waals surface area contributed by atoms with E-state index >= 15 is 0 Å². The maximum absolute atomic E-state index is 12.5. The molecule has 5 heteroatoms. The van der Waals surface area contributed by atoms with Gasteiger partial charge in [-0.3, -0.25) is 4.79 Å². The molecule has 1 aliphatic rings. The molecule has 0 bridgehead atoms. The van der Waals surface area contributed by atoms with Crippen molar-refractivity contribution >= 4 is 22.7 Å². The summed E-state index contributed by atoms with van der Waals surface area (Å²) in [5, 5.41) is 0.838. The number of hydrogen-bond donors (Lipinski definition) is 1. The highest BCUT2D eigenvalue weighted by Gasteiger charge is 2.18. The number of hydrogen-bond acceptors (Lipinski definition) is 4. The van der Waals surface area contributed by atoms with Gasteiger partial charge in [-0.15, -0.1) is 0 Å². The second-order valence-electron chi connectivity index (χ2n) is 6.83. The number of H-pyrrole nitrogens is 1. The average molecular weight is 363 g/mol. The summed E-state index contributed by atoms with van der Waals surface area (Å²) in [6, 6.07) is 13.5. The van der Waals surface area contributed by atoms with Crippen molar-refractivity contribution in [2.75, 3.05) is 13.2 Å². The number of para-hydroxylation sites is 1. The minimum atomic E-state index is -0.554. The van der Waals surface area contributed by atoms with Crippen molar-refractivity contribution in [3.63, 3.8) is 0 Å². The lowest BCUT2D eigenvalue weighted by atomic mass is 10.1. The van der Waals surface area contributed by atoms with E-state index < -0.39 is 5.97 Å². The van der Waals surface area contributed by atoms with E-state index in [-0.39, 0.29) is 19.0 Å². The fourth-order valence-corrected chi connectivity index (χ4v) is 3.68. The third-order valence-corrected chi connectivity index (χ3v) is 4.96. The number of ether oxygens (including phenoxy) is 2. The van der Waals surface area contributed by atoms with Crippen molar-refractivity contribution < 1.29 is 19.1 Å². The molecular weight excluding hydrogens is 342 g/mol. The molecule has 0 atom stereocenters. The molecule has 1 N–H and O–H groups in total. The number of aromatic amines is 1. The fraction of sp³-hybridized carbons (Fsp3) is 0.273. The minimum Gasteiger partial charge on any atom is -0.482 e. The zero-order valence-corrected chi connectivity index (χ0v) is 15.2. The molecule has 1 aliphatic carbocycles. The Morgan fingerprint density at radius 2 is 1.85 bits per heavy atom. The maximum Gasteiger partial charge on any atom is 0.344 e. The molecule has 138 valence electrons. The van der Waals surface area contributed by atoms with Gasteiger partial charge in [0.25, 0.3) is 0 Å². The lowest BCUT2D eigenvalue weighted by Crippen LogP contribution is -2.19. The highest BCUT2D eigenvalue weighted by molar-refractivity contribution is 6.10. The summed E-state index contributed by atoms with van der Waals surface area (Å²) < 4.78 is 10.6. The molecular formula is C22H21NO4. The van der Waals surface area contributed by atoms with E-state index in [1.165, 1.54) is 11.1 Å². The first kappa shape index (κ1) is 17.3. The van der Waals surface area contributed by atoms with Crippen LogP contribution in [0.5, 0.6) is 5.75 Å². The van der Waals surface area contributed by atoms with Crippen LogP contribution < -0.4 is 4.74 Å². The number of carbonyl (C=O) groups excluding carboxylic acids is 2. The second-order valence-corrected chi connectivity index (χ2v) is 6.83. The number of rotatable bonds is 6. The van der Waals surface area contributed by atoms with Crippen molar-refractivity contribution in [2.24, 2.45) is 0 Å². The van der Waals surface area contributed by atoms with Crippen LogP contribution in [0.25, 0.3) is 10.9 Å². The van der Waals surface area contributed by atoms with Crippen molar-refractivity contribution in [3.05, 3.63) is 64.8 Å². The molecule has 0 spiro atoms. The van der Waals surface area contributed by atoms with Crippen LogP contribution in [0.2, 0.25) is 0 Å². The van der Waals surface area contributed by atoms with Crippen molar-refractivity contribution in [3.8, 4) is 5.75 Å². The number of aromatic nitrogens is 1. The first-order valence-corrected chi connectivity index (χ1v) is 9.12. The summed E-state index contributed by atoms with van der Waals surface area (Å²) in [5.41, 5.74) is 4.87. The highest BCUT2D eigenvalue weighted by atomic mass is 16.6. The Hall–Kier alpha value is -3.08. The van der Waals surface area contributed by atoms with Gasteiger partial charge in [0.2, 0.25) is 5.78 Å². The lowest BCUT2D eigenvalue weighted by Gasteiger charge is -2.08. The Balaban J connectivity index is 1.33. The smallest absolute Gasteiger partial charge is 0.344 e. The van der Waals surface area contributed by atoms with Gasteiger partial charge in [-0.25, -0.2) is 4.79 Å². The number of carbonyl (C=O) groups is 2. The number of esters is 1. The normalized spacial score (nSPS) is 12.8. The maximum atomic E-state index is 12.5. The Bertz CT molecular complexity index is 1020. The summed E-state index contributed by atoms with van der Waals surface area (Å²) in [7, 11) is 0. The first-order valence-electron chi connectivity index (χ1n) is 9.12. The van der Waals surface area contributed by atoms with E-state index in [2.05, 4.69) is 4.98 Å². The van der Waals surface area contributed by atoms with Gasteiger partial charge in [-0.1, -0.05) is 24.3 Å². The van der Waals surface area contributed by atoms with Gasteiger partial charge in [0, 0.05) is 22.2 Å². The number of Topliss-reactive ketones (excluding diaryl/α,β-unsaturated/α-hetero) is 1. The van der Waals surface area contributed by atoms with Gasteiger partial charge in [-0.2, -0.15) is 0 Å². The van der Waals surface area contributed by atoms with Gasteiger partial charge in [0.05, 0.1) is 0 Å². The van der Waals surface area contributed by atoms with Crippen LogP contribution in [0, 0.1) is 6.92 Å². The summed E-state index contributed by atoms with van der Waals surface area (Å²) in [4.78, 5) is 27.7. The van der Waals surface area contributed by atoms with Gasteiger partial charge >= 0.3 is 5.97 Å². The van der Waals surface area contributed by atoms with E-state index in [1.54, 1.807) is 0 Å². The standard InChI is InChI=1S/C22H21NO4/c1-14-22(18-7-2-3-8-19(18)23-14)20(24)12-27-21(25)13-26-17-10-9-15-5-4-6-16(15)11-17/h2-3,7-11,23H,4-6,12-13H2,1H3. The van der Waals surface area contributed by atoms with Crippen molar-refractivity contribution in [2.45, 2.75) is 26.2 Å². The molecule has 1 aromatic heterocycles. The molecule has 0 saturated carbocycles. The van der Waals surface area contributed by atoms with E-state index in [0.717, 1.165) is 35.9 Å². The predicted octanol–water partition coefficient (Wildman–Crippen LogP) is 3.77. The molecule has 3 aromatic rings. The molecule has 0 saturated heterocycles. The molecule has 4 rings (SSSR count). The average Bonchev–Trinajstić information content (AvgIpc) is 3.27. The SMILES string of the molecule is Cc1[nH]c2ccccc2c1C(=O)COC(=O)COc1ccc2c(c1)CCC2. The van der Waals surface area contributed by atoms with Crippen LogP contribution in [0.4, 0.5) is 0 Å². The Morgan fingerprint density at radius 1 is 1.04 bits per heavy atom. The molecule has 2 aromatic carbocycles. The zero-order valence-electron chi connectivity index (χ0n) is 15.2. The molecule has 1 heterocycles. The van der Waals surface area contributed by atoms with E-state index in [0.29, 0.717) is 11.3 Å². The molecule has 5 nitrogen and oxygen atoms in total. The number of aryl methyl sites for hydroxylation is 3. The van der Waals surface area contributed by atoms with Gasteiger partial charge < -0.3 is 14.5 Å². The van der Waals surface area contributed by atoms with Gasteiger partial charge in [-0.05, 0) is 55.5 Å². The topological polar surface area (TPSA) is 68.4 Å². The summed E-state index contributed by atoms with van der Waals surface area (Å²) in [6.45, 7) is 1.33. The third-order valence-electron chi connectivity index (χ3n) is 4.96. The molecule has 0 radical (unpaired) electrons. The first-order chi connectivity index (χ1) is 13.1. The zero-order chi connectivity index (χ0) is 18.8. The molecule has 0 unspecified atom stereocenters. The monoisotopic (exact) mass is 363 g/mol. The Kier molecular flexibility index (Phi) is 4.67. The quantitative estimate of drug-likeness (QED) is 0.535. The summed E-state index contributed by atoms with van der Waals surface area (Å²) in [5.74, 6) is -0.122. The Labute approximate surface area is 157 Å². The molecule has 0 amide bonds. The highest BCUT2D eigenvalue weighted by Crippen LogP contribution is 2.26. The lowest BCUT2D eigenvalue weighted by molar-refractivity contribution is -0.144. The molecule has 0 aliphatic heterocycles. The number of fused-ring (bicyclic) bond motifs is 2. The van der Waals surface area contributed by atoms with Crippen LogP contribution in [0.1, 0.15) is 33.6 Å². The van der Waals surface area contributed by atoms with E-state index in [1.807, 2.05) is 49.4 Å². The fourth-order valence-electron chi connectivity index (χ4n) is 3.68. The van der Waals surface area contributed by atoms with Crippen LogP contribution in [-0.2, 0) is 22.4 Å². The van der Waals surface area contributed by atoms with Gasteiger partial charge in [0.15, 0.2) is 13.2 Å². The largest absolute Gasteiger partial charge is 0.482 e. The van der Waals surface area contributed by atoms with Crippen molar-refractivity contribution in [1.29, 1.82) is 0 Å². The van der Waals surface area contributed by atoms with Crippen LogP contribution in [0.15, 0.2) is 42.5 Å². The minimum absolute atomic E-state index is 0.209. The number of benzene rings is 2. The van der Waals surface area contributed by atoms with Gasteiger partial charge in [0.1, 0.15) is 5.75 Å². The van der Waals surface area contributed by atoms with E-state index in [9.17, 15) is 9.59 Å². The second kappa shape index (κ2) is 7.27. The number of nitrogens with one attached hydrogen (secondary N) is 1. The third kappa shape index (κ3) is 3.58.